The first kappa shape index (κ1) is 31.1. The van der Waals surface area contributed by atoms with Crippen molar-refractivity contribution in [1.29, 1.82) is 0 Å². The summed E-state index contributed by atoms with van der Waals surface area (Å²) in [5.41, 5.74) is 11.4. The van der Waals surface area contributed by atoms with Crippen molar-refractivity contribution in [3.8, 4) is 0 Å². The minimum absolute atomic E-state index is 0.00319. The van der Waals surface area contributed by atoms with Crippen LogP contribution in [0.4, 0.5) is 0 Å². The van der Waals surface area contributed by atoms with Gasteiger partial charge in [-0.25, -0.2) is 4.79 Å². The number of rotatable bonds is 17. The number of aliphatic hydroxyl groups excluding tert-OH is 1. The summed E-state index contributed by atoms with van der Waals surface area (Å²) in [5, 5.41) is 26.9. The van der Waals surface area contributed by atoms with E-state index in [2.05, 4.69) is 16.0 Å². The number of unbranched alkanes of at least 4 members (excludes halogenated alkanes) is 1. The van der Waals surface area contributed by atoms with Gasteiger partial charge in [0.15, 0.2) is 0 Å². The molecule has 0 aliphatic heterocycles. The number of carboxylic acids is 1. The van der Waals surface area contributed by atoms with E-state index in [1.165, 1.54) is 6.92 Å². The van der Waals surface area contributed by atoms with Gasteiger partial charge in [-0.2, -0.15) is 11.8 Å². The van der Waals surface area contributed by atoms with Gasteiger partial charge in [0, 0.05) is 0 Å². The molecule has 3 amide bonds. The largest absolute Gasteiger partial charge is 0.480 e. The number of carbonyl (C=O) groups excluding carboxylic acids is 3. The van der Waals surface area contributed by atoms with Crippen molar-refractivity contribution in [3.05, 3.63) is 0 Å². The third kappa shape index (κ3) is 12.8. The van der Waals surface area contributed by atoms with Crippen molar-refractivity contribution in [1.82, 2.24) is 16.0 Å². The second-order valence-electron chi connectivity index (χ2n) is 8.49. The highest BCUT2D eigenvalue weighted by Crippen LogP contribution is 2.08. The van der Waals surface area contributed by atoms with E-state index < -0.39 is 54.0 Å². The lowest BCUT2D eigenvalue weighted by atomic mass is 10.0. The molecule has 0 fully saturated rings. The van der Waals surface area contributed by atoms with E-state index >= 15 is 0 Å². The van der Waals surface area contributed by atoms with Crippen LogP contribution in [0.25, 0.3) is 0 Å². The molecule has 0 aromatic heterocycles. The number of hydrogen-bond acceptors (Lipinski definition) is 8. The normalized spacial score (nSPS) is 15.8. The highest BCUT2D eigenvalue weighted by atomic mass is 32.2. The van der Waals surface area contributed by atoms with E-state index in [0.29, 0.717) is 31.6 Å². The molecule has 33 heavy (non-hydrogen) atoms. The second kappa shape index (κ2) is 16.7. The van der Waals surface area contributed by atoms with Gasteiger partial charge in [-0.1, -0.05) is 13.8 Å². The highest BCUT2D eigenvalue weighted by Gasteiger charge is 2.32. The quantitative estimate of drug-likeness (QED) is 0.127. The highest BCUT2D eigenvalue weighted by molar-refractivity contribution is 7.98. The van der Waals surface area contributed by atoms with Gasteiger partial charge in [0.25, 0.3) is 0 Å². The third-order valence-corrected chi connectivity index (χ3v) is 5.58. The van der Waals surface area contributed by atoms with Crippen LogP contribution in [0.3, 0.4) is 0 Å². The van der Waals surface area contributed by atoms with Gasteiger partial charge in [-0.15, -0.1) is 0 Å². The molecular formula is C21H41N5O6S. The molecule has 0 saturated heterocycles. The zero-order valence-electron chi connectivity index (χ0n) is 20.0. The number of hydrogen-bond donors (Lipinski definition) is 7. The van der Waals surface area contributed by atoms with Crippen LogP contribution in [0.2, 0.25) is 0 Å². The Morgan fingerprint density at radius 3 is 2.00 bits per heavy atom. The lowest BCUT2D eigenvalue weighted by Gasteiger charge is -2.27. The smallest absolute Gasteiger partial charge is 0.326 e. The molecule has 192 valence electrons. The number of aliphatic hydroxyl groups is 1. The first-order valence-electron chi connectivity index (χ1n) is 11.2. The van der Waals surface area contributed by atoms with Crippen LogP contribution >= 0.6 is 11.8 Å². The molecule has 12 heteroatoms. The zero-order chi connectivity index (χ0) is 25.6. The van der Waals surface area contributed by atoms with E-state index in [1.807, 2.05) is 20.1 Å². The van der Waals surface area contributed by atoms with Crippen LogP contribution in [0.15, 0.2) is 0 Å². The fourth-order valence-electron chi connectivity index (χ4n) is 3.03. The summed E-state index contributed by atoms with van der Waals surface area (Å²) in [6.07, 6.45) is 2.67. The van der Waals surface area contributed by atoms with Gasteiger partial charge >= 0.3 is 5.97 Å². The summed E-state index contributed by atoms with van der Waals surface area (Å²) in [6, 6.07) is -4.33. The van der Waals surface area contributed by atoms with E-state index in [1.54, 1.807) is 11.8 Å². The molecule has 0 radical (unpaired) electrons. The van der Waals surface area contributed by atoms with Gasteiger partial charge in [0.2, 0.25) is 17.7 Å². The molecule has 0 heterocycles. The molecule has 5 atom stereocenters. The Bertz CT molecular complexity index is 634. The Kier molecular flexibility index (Phi) is 15.7. The average molecular weight is 492 g/mol. The number of thioether (sulfide) groups is 1. The molecule has 0 aliphatic carbocycles. The fraction of sp³-hybridized carbons (Fsp3) is 0.810. The molecule has 0 aromatic rings. The van der Waals surface area contributed by atoms with Crippen LogP contribution in [0, 0.1) is 5.92 Å². The van der Waals surface area contributed by atoms with E-state index in [0.717, 1.165) is 0 Å². The molecule has 5 unspecified atom stereocenters. The summed E-state index contributed by atoms with van der Waals surface area (Å²) < 4.78 is 0. The molecule has 0 aromatic carbocycles. The van der Waals surface area contributed by atoms with Crippen molar-refractivity contribution in [2.75, 3.05) is 18.6 Å². The molecule has 9 N–H and O–H groups in total. The summed E-state index contributed by atoms with van der Waals surface area (Å²) in [7, 11) is 0. The monoisotopic (exact) mass is 491 g/mol. The Morgan fingerprint density at radius 1 is 0.909 bits per heavy atom. The van der Waals surface area contributed by atoms with Gasteiger partial charge < -0.3 is 37.6 Å². The Balaban J connectivity index is 5.37. The van der Waals surface area contributed by atoms with Crippen molar-refractivity contribution in [3.63, 3.8) is 0 Å². The van der Waals surface area contributed by atoms with Crippen molar-refractivity contribution in [2.24, 2.45) is 17.4 Å². The van der Waals surface area contributed by atoms with Crippen LogP contribution in [0.5, 0.6) is 0 Å². The van der Waals surface area contributed by atoms with Crippen LogP contribution < -0.4 is 27.4 Å². The predicted molar refractivity (Wildman–Crippen MR) is 128 cm³/mol. The van der Waals surface area contributed by atoms with Crippen molar-refractivity contribution in [2.45, 2.75) is 83.1 Å². The van der Waals surface area contributed by atoms with Crippen LogP contribution in [-0.2, 0) is 19.2 Å². The maximum atomic E-state index is 12.9. The number of amides is 3. The van der Waals surface area contributed by atoms with E-state index in [9.17, 15) is 29.4 Å². The SMILES string of the molecule is CSCCC(N)C(=O)NC(CCCCN)C(=O)NC(C(=O)NC(CC(C)C)C(=O)O)C(C)O. The fourth-order valence-corrected chi connectivity index (χ4v) is 3.52. The van der Waals surface area contributed by atoms with Crippen LogP contribution in [-0.4, -0.2) is 82.7 Å². The summed E-state index contributed by atoms with van der Waals surface area (Å²) in [5.74, 6) is -2.51. The van der Waals surface area contributed by atoms with E-state index in [-0.39, 0.29) is 18.8 Å². The second-order valence-corrected chi connectivity index (χ2v) is 9.48. The lowest BCUT2D eigenvalue weighted by Crippen LogP contribution is -2.59. The summed E-state index contributed by atoms with van der Waals surface area (Å²) in [4.78, 5) is 49.5. The van der Waals surface area contributed by atoms with Crippen LogP contribution in [0.1, 0.15) is 52.9 Å². The molecule has 0 bridgehead atoms. The summed E-state index contributed by atoms with van der Waals surface area (Å²) in [6.45, 7) is 5.35. The molecule has 0 rings (SSSR count). The first-order valence-corrected chi connectivity index (χ1v) is 12.6. The van der Waals surface area contributed by atoms with Gasteiger partial charge in [0.05, 0.1) is 12.1 Å². The van der Waals surface area contributed by atoms with Gasteiger partial charge in [-0.3, -0.25) is 14.4 Å². The molecule has 11 nitrogen and oxygen atoms in total. The zero-order valence-corrected chi connectivity index (χ0v) is 20.8. The van der Waals surface area contributed by atoms with Crippen molar-refractivity contribution >= 4 is 35.5 Å². The average Bonchev–Trinajstić information content (AvgIpc) is 2.73. The lowest BCUT2D eigenvalue weighted by molar-refractivity contribution is -0.143. The molecular weight excluding hydrogens is 450 g/mol. The Hall–Kier alpha value is -1.89. The Morgan fingerprint density at radius 2 is 1.52 bits per heavy atom. The maximum Gasteiger partial charge on any atom is 0.326 e. The molecule has 0 saturated carbocycles. The standard InChI is InChI=1S/C21H41N5O6S/c1-12(2)11-16(21(31)32)25-20(30)17(13(3)27)26-19(29)15(7-5-6-9-22)24-18(28)14(23)8-10-33-4/h12-17,27H,5-11,22-23H2,1-4H3,(H,24,28)(H,25,30)(H,26,29)(H,31,32). The first-order chi connectivity index (χ1) is 15.4. The van der Waals surface area contributed by atoms with Gasteiger partial charge in [-0.05, 0) is 63.5 Å². The van der Waals surface area contributed by atoms with Crippen molar-refractivity contribution < 1.29 is 29.4 Å². The number of carboxylic acid groups (broad SMARTS) is 1. The minimum atomic E-state index is -1.40. The molecule has 0 spiro atoms. The minimum Gasteiger partial charge on any atom is -0.480 e. The summed E-state index contributed by atoms with van der Waals surface area (Å²) >= 11 is 1.55. The maximum absolute atomic E-state index is 12.9. The molecule has 0 aliphatic rings. The number of nitrogens with one attached hydrogen (secondary N) is 3. The topological polar surface area (TPSA) is 197 Å². The number of nitrogens with two attached hydrogens (primary N) is 2. The van der Waals surface area contributed by atoms with E-state index in [4.69, 9.17) is 11.5 Å². The predicted octanol–water partition coefficient (Wildman–Crippen LogP) is -0.838. The van der Waals surface area contributed by atoms with Gasteiger partial charge in [0.1, 0.15) is 18.1 Å². The third-order valence-electron chi connectivity index (χ3n) is 4.93. The number of aliphatic carboxylic acids is 1. The Labute approximate surface area is 200 Å². The number of carbonyl (C=O) groups is 4.